The van der Waals surface area contributed by atoms with Crippen molar-refractivity contribution in [2.45, 2.75) is 16.7 Å². The van der Waals surface area contributed by atoms with Gasteiger partial charge in [-0.3, -0.25) is 14.5 Å². The minimum Gasteiger partial charge on any atom is -0.476 e. The van der Waals surface area contributed by atoms with Crippen molar-refractivity contribution in [3.63, 3.8) is 0 Å². The van der Waals surface area contributed by atoms with E-state index in [1.165, 1.54) is 7.05 Å². The van der Waals surface area contributed by atoms with Crippen molar-refractivity contribution in [1.82, 2.24) is 14.6 Å². The average molecular weight is 319 g/mol. The van der Waals surface area contributed by atoms with Gasteiger partial charge >= 0.3 is 5.97 Å². The lowest BCUT2D eigenvalue weighted by Gasteiger charge is -2.10. The number of likely N-dealkylation sites (N-methyl/N-ethyl adjacent to an activating group) is 1. The number of imide groups is 1. The number of likely N-dealkylation sites (tertiary alicyclic amines) is 1. The summed E-state index contributed by atoms with van der Waals surface area (Å²) in [5, 5.41) is 8.84. The van der Waals surface area contributed by atoms with Gasteiger partial charge in [0, 0.05) is 7.05 Å². The molecule has 108 valence electrons. The number of aromatic carboxylic acids is 1. The normalized spacial score (nSPS) is 19.6. The molecule has 2 N–H and O–H groups in total. The van der Waals surface area contributed by atoms with Crippen LogP contribution in [0.15, 0.2) is 9.72 Å². The number of carbonyl (C=O) groups excluding carboxylic acids is 2. The number of carboxylic acid groups (broad SMARTS) is 1. The SMILES string of the molecule is CN1C(=O)CC(NS(=O)(=O)c2scnc2C(=O)O)C1=O. The third-order valence-electron chi connectivity index (χ3n) is 2.66. The summed E-state index contributed by atoms with van der Waals surface area (Å²) < 4.78 is 25.6. The second-order valence-electron chi connectivity index (χ2n) is 3.96. The first-order valence-electron chi connectivity index (χ1n) is 5.23. The number of amides is 2. The molecule has 1 aliphatic rings. The molecule has 0 aliphatic carbocycles. The molecule has 1 aromatic heterocycles. The van der Waals surface area contributed by atoms with E-state index in [0.717, 1.165) is 10.4 Å². The number of carboxylic acids is 1. The van der Waals surface area contributed by atoms with Gasteiger partial charge in [-0.25, -0.2) is 18.2 Å². The molecule has 1 fully saturated rings. The number of thiazole rings is 1. The smallest absolute Gasteiger partial charge is 0.356 e. The molecule has 1 aromatic rings. The molecule has 1 unspecified atom stereocenters. The highest BCUT2D eigenvalue weighted by atomic mass is 32.2. The molecule has 2 heterocycles. The van der Waals surface area contributed by atoms with Gasteiger partial charge in [0.15, 0.2) is 9.90 Å². The Labute approximate surface area is 117 Å². The predicted molar refractivity (Wildman–Crippen MR) is 65.6 cm³/mol. The highest BCUT2D eigenvalue weighted by Crippen LogP contribution is 2.22. The Morgan fingerprint density at radius 3 is 2.70 bits per heavy atom. The fraction of sp³-hybridized carbons (Fsp3) is 0.333. The molecule has 9 nitrogen and oxygen atoms in total. The molecule has 11 heteroatoms. The van der Waals surface area contributed by atoms with Gasteiger partial charge in [-0.1, -0.05) is 0 Å². The molecule has 0 radical (unpaired) electrons. The number of nitrogens with one attached hydrogen (secondary N) is 1. The van der Waals surface area contributed by atoms with Gasteiger partial charge in [0.2, 0.25) is 11.8 Å². The van der Waals surface area contributed by atoms with Crippen LogP contribution in [0.3, 0.4) is 0 Å². The summed E-state index contributed by atoms with van der Waals surface area (Å²) >= 11 is 0.619. The largest absolute Gasteiger partial charge is 0.476 e. The van der Waals surface area contributed by atoms with E-state index in [4.69, 9.17) is 5.11 Å². The molecule has 0 saturated carbocycles. The summed E-state index contributed by atoms with van der Waals surface area (Å²) in [4.78, 5) is 38.1. The molecule has 20 heavy (non-hydrogen) atoms. The number of aromatic nitrogens is 1. The van der Waals surface area contributed by atoms with Gasteiger partial charge in [-0.05, 0) is 0 Å². The van der Waals surface area contributed by atoms with Crippen molar-refractivity contribution in [2.24, 2.45) is 0 Å². The zero-order chi connectivity index (χ0) is 15.1. The number of nitrogens with zero attached hydrogens (tertiary/aromatic N) is 2. The highest BCUT2D eigenvalue weighted by Gasteiger charge is 2.40. The van der Waals surface area contributed by atoms with Crippen LogP contribution in [0.1, 0.15) is 16.9 Å². The second-order valence-corrected chi connectivity index (χ2v) is 6.73. The Balaban J connectivity index is 2.29. The van der Waals surface area contributed by atoms with Gasteiger partial charge in [0.1, 0.15) is 6.04 Å². The molecular formula is C9H9N3O6S2. The van der Waals surface area contributed by atoms with Crippen LogP contribution < -0.4 is 4.72 Å². The molecule has 1 atom stereocenters. The Kier molecular flexibility index (Phi) is 3.58. The van der Waals surface area contributed by atoms with Crippen LogP contribution in [0, 0.1) is 0 Å². The lowest BCUT2D eigenvalue weighted by Crippen LogP contribution is -2.40. The molecule has 1 saturated heterocycles. The molecular weight excluding hydrogens is 310 g/mol. The number of carbonyl (C=O) groups is 3. The number of hydrogen-bond acceptors (Lipinski definition) is 7. The van der Waals surface area contributed by atoms with Crippen LogP contribution in [0.4, 0.5) is 0 Å². The van der Waals surface area contributed by atoms with E-state index in [9.17, 15) is 22.8 Å². The first kappa shape index (κ1) is 14.6. The number of sulfonamides is 1. The van der Waals surface area contributed by atoms with E-state index in [0.29, 0.717) is 11.3 Å². The quantitative estimate of drug-likeness (QED) is 0.671. The maximum Gasteiger partial charge on any atom is 0.356 e. The van der Waals surface area contributed by atoms with Crippen molar-refractivity contribution in [3.8, 4) is 0 Å². The lowest BCUT2D eigenvalue weighted by molar-refractivity contribution is -0.137. The number of rotatable bonds is 4. The zero-order valence-corrected chi connectivity index (χ0v) is 11.7. The first-order chi connectivity index (χ1) is 9.24. The molecule has 0 aromatic carbocycles. The van der Waals surface area contributed by atoms with Gasteiger partial charge < -0.3 is 5.11 Å². The summed E-state index contributed by atoms with van der Waals surface area (Å²) in [5.74, 6) is -2.68. The summed E-state index contributed by atoms with van der Waals surface area (Å²) in [6.45, 7) is 0. The Hall–Kier alpha value is -1.85. The van der Waals surface area contributed by atoms with Gasteiger partial charge in [-0.2, -0.15) is 4.72 Å². The Morgan fingerprint density at radius 2 is 2.20 bits per heavy atom. The standard InChI is InChI=1S/C9H9N3O6S2/c1-12-5(13)2-4(7(12)14)11-20(17,18)9-6(8(15)16)10-3-19-9/h3-4,11H,2H2,1H3,(H,15,16). The van der Waals surface area contributed by atoms with E-state index in [-0.39, 0.29) is 6.42 Å². The lowest BCUT2D eigenvalue weighted by atomic mass is 10.3. The van der Waals surface area contributed by atoms with Crippen molar-refractivity contribution < 1.29 is 27.9 Å². The molecule has 0 bridgehead atoms. The predicted octanol–water partition coefficient (Wildman–Crippen LogP) is -1.12. The van der Waals surface area contributed by atoms with Crippen LogP contribution in [0.25, 0.3) is 0 Å². The molecule has 2 amide bonds. The van der Waals surface area contributed by atoms with E-state index < -0.39 is 43.8 Å². The Morgan fingerprint density at radius 1 is 1.55 bits per heavy atom. The number of hydrogen-bond donors (Lipinski definition) is 2. The van der Waals surface area contributed by atoms with Crippen molar-refractivity contribution >= 4 is 39.1 Å². The van der Waals surface area contributed by atoms with E-state index in [2.05, 4.69) is 4.98 Å². The van der Waals surface area contributed by atoms with Crippen LogP contribution in [0.2, 0.25) is 0 Å². The first-order valence-corrected chi connectivity index (χ1v) is 7.60. The summed E-state index contributed by atoms with van der Waals surface area (Å²) in [7, 11) is -2.99. The monoisotopic (exact) mass is 319 g/mol. The summed E-state index contributed by atoms with van der Waals surface area (Å²) in [6, 6.07) is -1.22. The van der Waals surface area contributed by atoms with E-state index >= 15 is 0 Å². The van der Waals surface area contributed by atoms with E-state index in [1.807, 2.05) is 4.72 Å². The fourth-order valence-corrected chi connectivity index (χ4v) is 4.00. The summed E-state index contributed by atoms with van der Waals surface area (Å²) in [5.41, 5.74) is 0.457. The van der Waals surface area contributed by atoms with Crippen LogP contribution in [-0.4, -0.2) is 54.3 Å². The zero-order valence-electron chi connectivity index (χ0n) is 10.1. The van der Waals surface area contributed by atoms with Crippen LogP contribution in [-0.2, 0) is 19.6 Å². The topological polar surface area (TPSA) is 134 Å². The van der Waals surface area contributed by atoms with Gasteiger partial charge in [-0.15, -0.1) is 11.3 Å². The molecule has 1 aliphatic heterocycles. The average Bonchev–Trinajstić information content (AvgIpc) is 2.92. The molecule has 2 rings (SSSR count). The van der Waals surface area contributed by atoms with Gasteiger partial charge in [0.25, 0.3) is 10.0 Å². The highest BCUT2D eigenvalue weighted by molar-refractivity contribution is 7.91. The van der Waals surface area contributed by atoms with Crippen molar-refractivity contribution in [2.75, 3.05) is 7.05 Å². The fourth-order valence-electron chi connectivity index (χ4n) is 1.66. The molecule has 0 spiro atoms. The minimum absolute atomic E-state index is 0.296. The minimum atomic E-state index is -4.23. The Bertz CT molecular complexity index is 694. The van der Waals surface area contributed by atoms with Crippen LogP contribution in [0.5, 0.6) is 0 Å². The van der Waals surface area contributed by atoms with Crippen LogP contribution >= 0.6 is 11.3 Å². The third kappa shape index (κ3) is 2.42. The maximum atomic E-state index is 12.0. The van der Waals surface area contributed by atoms with E-state index in [1.54, 1.807) is 0 Å². The van der Waals surface area contributed by atoms with Gasteiger partial charge in [0.05, 0.1) is 11.9 Å². The second kappa shape index (κ2) is 4.92. The van der Waals surface area contributed by atoms with Crippen molar-refractivity contribution in [1.29, 1.82) is 0 Å². The third-order valence-corrected chi connectivity index (χ3v) is 5.50. The maximum absolute atomic E-state index is 12.0. The summed E-state index contributed by atoms with van der Waals surface area (Å²) in [6.07, 6.45) is -0.296. The van der Waals surface area contributed by atoms with Crippen molar-refractivity contribution in [3.05, 3.63) is 11.2 Å².